The molecule has 1 unspecified atom stereocenters. The second-order valence-electron chi connectivity index (χ2n) is 3.29. The molecular weight excluding hydrogens is 253 g/mol. The molecule has 1 aliphatic rings. The molecule has 0 aromatic rings. The van der Waals surface area contributed by atoms with Gasteiger partial charge in [-0.25, -0.2) is 4.79 Å². The number of carbonyl (C=O) groups is 1. The largest absolute Gasteiger partial charge is 1.00 e. The van der Waals surface area contributed by atoms with Gasteiger partial charge >= 0.3 is 5.91 Å². The van der Waals surface area contributed by atoms with Crippen LogP contribution >= 0.6 is 0 Å². The van der Waals surface area contributed by atoms with Crippen molar-refractivity contribution in [1.29, 1.82) is 0 Å². The zero-order chi connectivity index (χ0) is 7.61. The minimum Gasteiger partial charge on any atom is -1.00 e. The van der Waals surface area contributed by atoms with E-state index in [2.05, 4.69) is 6.92 Å². The van der Waals surface area contributed by atoms with Crippen LogP contribution in [0.1, 0.15) is 26.2 Å². The average molecular weight is 269 g/mol. The lowest BCUT2D eigenvalue weighted by molar-refractivity contribution is -0.836. The Kier molecular flexibility index (Phi) is 4.55. The van der Waals surface area contributed by atoms with Crippen LogP contribution in [0.2, 0.25) is 0 Å². The van der Waals surface area contributed by atoms with Crippen molar-refractivity contribution in [2.24, 2.45) is 0 Å². The molecule has 0 aromatic heterocycles. The highest BCUT2D eigenvalue weighted by molar-refractivity contribution is 5.69. The van der Waals surface area contributed by atoms with E-state index in [0.29, 0.717) is 10.4 Å². The lowest BCUT2D eigenvalue weighted by Crippen LogP contribution is -3.00. The van der Waals surface area contributed by atoms with Crippen molar-refractivity contribution in [3.63, 3.8) is 0 Å². The van der Waals surface area contributed by atoms with Crippen molar-refractivity contribution in [1.82, 2.24) is 0 Å². The second kappa shape index (κ2) is 4.40. The summed E-state index contributed by atoms with van der Waals surface area (Å²) >= 11 is 0. The van der Waals surface area contributed by atoms with Gasteiger partial charge in [0.25, 0.3) is 0 Å². The molecule has 1 atom stereocenters. The van der Waals surface area contributed by atoms with E-state index in [1.165, 1.54) is 6.42 Å². The van der Waals surface area contributed by atoms with E-state index in [1.807, 2.05) is 7.05 Å². The summed E-state index contributed by atoms with van der Waals surface area (Å²) in [6.45, 7) is 4.09. The number of halogens is 1. The molecule has 2 nitrogen and oxygen atoms in total. The monoisotopic (exact) mass is 269 g/mol. The van der Waals surface area contributed by atoms with Gasteiger partial charge in [0, 0.05) is 0 Å². The van der Waals surface area contributed by atoms with E-state index >= 15 is 0 Å². The van der Waals surface area contributed by atoms with E-state index in [9.17, 15) is 4.79 Å². The molecule has 3 heteroatoms. The highest BCUT2D eigenvalue weighted by Gasteiger charge is 2.31. The molecular formula is C8H16INO. The van der Waals surface area contributed by atoms with Gasteiger partial charge < -0.3 is 24.0 Å². The van der Waals surface area contributed by atoms with E-state index in [4.69, 9.17) is 0 Å². The van der Waals surface area contributed by atoms with Crippen LogP contribution in [0.3, 0.4) is 0 Å². The third kappa shape index (κ3) is 2.40. The van der Waals surface area contributed by atoms with Gasteiger partial charge in [-0.2, -0.15) is 0 Å². The Labute approximate surface area is 85.6 Å². The van der Waals surface area contributed by atoms with Crippen LogP contribution in [0.4, 0.5) is 0 Å². The maximum atomic E-state index is 11.3. The van der Waals surface area contributed by atoms with Crippen molar-refractivity contribution in [3.05, 3.63) is 0 Å². The standard InChI is InChI=1S/C8H16NO.HI/c1-3-9(2)7-5-4-6-8(9)10;/h3-7H2,1-2H3;1H/q+1;/p-1. The fraction of sp³-hybridized carbons (Fsp3) is 0.875. The van der Waals surface area contributed by atoms with Crippen LogP contribution in [0.25, 0.3) is 0 Å². The number of piperidine rings is 1. The fourth-order valence-electron chi connectivity index (χ4n) is 1.47. The maximum Gasteiger partial charge on any atom is 0.313 e. The number of rotatable bonds is 1. The third-order valence-electron chi connectivity index (χ3n) is 2.59. The average Bonchev–Trinajstić information content (AvgIpc) is 1.96. The SMILES string of the molecule is CC[N+]1(C)CCCCC1=O.[I-]. The van der Waals surface area contributed by atoms with Crippen LogP contribution < -0.4 is 24.0 Å². The molecule has 1 fully saturated rings. The van der Waals surface area contributed by atoms with Crippen molar-refractivity contribution >= 4 is 5.91 Å². The summed E-state index contributed by atoms with van der Waals surface area (Å²) in [5.74, 6) is 0.425. The van der Waals surface area contributed by atoms with Crippen molar-refractivity contribution in [2.75, 3.05) is 20.1 Å². The predicted molar refractivity (Wildman–Crippen MR) is 40.5 cm³/mol. The van der Waals surface area contributed by atoms with Crippen molar-refractivity contribution in [3.8, 4) is 0 Å². The zero-order valence-corrected chi connectivity index (χ0v) is 9.43. The first-order valence-electron chi connectivity index (χ1n) is 4.07. The number of hydrogen-bond acceptors (Lipinski definition) is 1. The molecule has 1 rings (SSSR count). The van der Waals surface area contributed by atoms with Gasteiger partial charge in [0.05, 0.1) is 26.6 Å². The molecule has 11 heavy (non-hydrogen) atoms. The summed E-state index contributed by atoms with van der Waals surface area (Å²) in [4.78, 5) is 11.3. The van der Waals surface area contributed by atoms with E-state index in [-0.39, 0.29) is 24.0 Å². The molecule has 0 aliphatic carbocycles. The Morgan fingerprint density at radius 1 is 1.45 bits per heavy atom. The number of nitrogens with zero attached hydrogens (tertiary/aromatic N) is 1. The molecule has 1 heterocycles. The minimum atomic E-state index is 0. The summed E-state index contributed by atoms with van der Waals surface area (Å²) in [5, 5.41) is 0. The summed E-state index contributed by atoms with van der Waals surface area (Å²) in [5.41, 5.74) is 0. The normalized spacial score (nSPS) is 31.3. The van der Waals surface area contributed by atoms with Crippen LogP contribution in [-0.2, 0) is 4.79 Å². The number of quaternary nitrogens is 1. The molecule has 0 spiro atoms. The highest BCUT2D eigenvalue weighted by Crippen LogP contribution is 2.16. The summed E-state index contributed by atoms with van der Waals surface area (Å²) in [7, 11) is 2.04. The summed E-state index contributed by atoms with van der Waals surface area (Å²) < 4.78 is 0.667. The molecule has 0 aromatic carbocycles. The zero-order valence-electron chi connectivity index (χ0n) is 7.27. The number of hydrogen-bond donors (Lipinski definition) is 0. The highest BCUT2D eigenvalue weighted by atomic mass is 127. The van der Waals surface area contributed by atoms with Crippen LogP contribution in [0.15, 0.2) is 0 Å². The van der Waals surface area contributed by atoms with Crippen LogP contribution in [0, 0.1) is 0 Å². The molecule has 0 N–H and O–H groups in total. The number of likely N-dealkylation sites (tertiary alicyclic amines) is 1. The molecule has 0 saturated carbocycles. The van der Waals surface area contributed by atoms with E-state index in [1.54, 1.807) is 0 Å². The van der Waals surface area contributed by atoms with Gasteiger partial charge in [-0.3, -0.25) is 4.48 Å². The topological polar surface area (TPSA) is 17.1 Å². The Morgan fingerprint density at radius 2 is 2.09 bits per heavy atom. The molecule has 0 bridgehead atoms. The predicted octanol–water partition coefficient (Wildman–Crippen LogP) is -1.83. The molecule has 1 amide bonds. The van der Waals surface area contributed by atoms with Gasteiger partial charge in [-0.1, -0.05) is 0 Å². The maximum absolute atomic E-state index is 11.3. The summed E-state index contributed by atoms with van der Waals surface area (Å²) in [6.07, 6.45) is 3.12. The van der Waals surface area contributed by atoms with Gasteiger partial charge in [-0.15, -0.1) is 0 Å². The Hall–Kier alpha value is 0.360. The Balaban J connectivity index is 0.000001000. The number of carbonyl (C=O) groups excluding carboxylic acids is 1. The van der Waals surface area contributed by atoms with Gasteiger partial charge in [0.1, 0.15) is 0 Å². The van der Waals surface area contributed by atoms with E-state index in [0.717, 1.165) is 25.9 Å². The molecule has 66 valence electrons. The second-order valence-corrected chi connectivity index (χ2v) is 3.29. The fourth-order valence-corrected chi connectivity index (χ4v) is 1.47. The summed E-state index contributed by atoms with van der Waals surface area (Å²) in [6, 6.07) is 0. The Morgan fingerprint density at radius 3 is 2.45 bits per heavy atom. The first-order valence-corrected chi connectivity index (χ1v) is 4.07. The van der Waals surface area contributed by atoms with Gasteiger partial charge in [0.15, 0.2) is 0 Å². The van der Waals surface area contributed by atoms with Crippen LogP contribution in [0.5, 0.6) is 0 Å². The first kappa shape index (κ1) is 11.4. The molecule has 1 saturated heterocycles. The van der Waals surface area contributed by atoms with Crippen molar-refractivity contribution in [2.45, 2.75) is 26.2 Å². The quantitative estimate of drug-likeness (QED) is 0.404. The van der Waals surface area contributed by atoms with Crippen molar-refractivity contribution < 1.29 is 33.3 Å². The minimum absolute atomic E-state index is 0. The van der Waals surface area contributed by atoms with E-state index < -0.39 is 0 Å². The lowest BCUT2D eigenvalue weighted by atomic mass is 10.1. The van der Waals surface area contributed by atoms with Crippen LogP contribution in [-0.4, -0.2) is 30.5 Å². The lowest BCUT2D eigenvalue weighted by Gasteiger charge is -2.33. The Bertz CT molecular complexity index is 149. The third-order valence-corrected chi connectivity index (χ3v) is 2.59. The van der Waals surface area contributed by atoms with Gasteiger partial charge in [0.2, 0.25) is 0 Å². The molecule has 1 aliphatic heterocycles. The molecule has 0 radical (unpaired) electrons. The number of amides is 1. The smallest absolute Gasteiger partial charge is 0.313 e. The first-order chi connectivity index (χ1) is 4.69. The van der Waals surface area contributed by atoms with Gasteiger partial charge in [-0.05, 0) is 19.8 Å².